The number of rotatable bonds is 7. The largest absolute Gasteiger partial charge is 0.494 e. The molecule has 0 unspecified atom stereocenters. The van der Waals surface area contributed by atoms with E-state index in [0.29, 0.717) is 24.4 Å². The van der Waals surface area contributed by atoms with E-state index in [1.54, 1.807) is 18.4 Å². The van der Waals surface area contributed by atoms with Crippen molar-refractivity contribution in [3.63, 3.8) is 0 Å². The Morgan fingerprint density at radius 3 is 2.78 bits per heavy atom. The molecule has 0 aliphatic rings. The molecule has 0 amide bonds. The highest BCUT2D eigenvalue weighted by molar-refractivity contribution is 6.01. The lowest BCUT2D eigenvalue weighted by Crippen LogP contribution is -2.34. The Bertz CT molecular complexity index is 785. The Balaban J connectivity index is 2.45. The molecule has 0 fully saturated rings. The zero-order chi connectivity index (χ0) is 16.8. The van der Waals surface area contributed by atoms with Gasteiger partial charge >= 0.3 is 5.69 Å². The van der Waals surface area contributed by atoms with Crippen molar-refractivity contribution < 1.29 is 9.52 Å². The lowest BCUT2D eigenvalue weighted by molar-refractivity contribution is 0.394. The van der Waals surface area contributed by atoms with Gasteiger partial charge in [0.1, 0.15) is 11.3 Å². The second-order valence-electron chi connectivity index (χ2n) is 5.16. The third-order valence-electron chi connectivity index (χ3n) is 3.54. The van der Waals surface area contributed by atoms with Crippen molar-refractivity contribution >= 4 is 5.71 Å². The molecule has 0 aliphatic carbocycles. The van der Waals surface area contributed by atoms with E-state index in [1.807, 2.05) is 13.8 Å². The van der Waals surface area contributed by atoms with Crippen LogP contribution in [-0.2, 0) is 13.1 Å². The summed E-state index contributed by atoms with van der Waals surface area (Å²) in [6, 6.07) is 3.54. The molecule has 0 aliphatic heterocycles. The molecular weight excluding hydrogens is 298 g/mol. The Kier molecular flexibility index (Phi) is 5.56. The van der Waals surface area contributed by atoms with Crippen molar-refractivity contribution in [2.24, 2.45) is 4.99 Å². The minimum Gasteiger partial charge on any atom is -0.494 e. The summed E-state index contributed by atoms with van der Waals surface area (Å²) >= 11 is 0. The van der Waals surface area contributed by atoms with E-state index in [0.717, 1.165) is 12.8 Å². The van der Waals surface area contributed by atoms with Crippen LogP contribution >= 0.6 is 0 Å². The topological polar surface area (TPSA) is 101 Å². The first-order valence-electron chi connectivity index (χ1n) is 7.70. The average molecular weight is 319 g/mol. The van der Waals surface area contributed by atoms with Crippen LogP contribution in [0.25, 0.3) is 0 Å². The molecule has 2 N–H and O–H groups in total. The smallest absolute Gasteiger partial charge is 0.331 e. The molecule has 23 heavy (non-hydrogen) atoms. The van der Waals surface area contributed by atoms with E-state index in [-0.39, 0.29) is 18.0 Å². The van der Waals surface area contributed by atoms with Crippen LogP contribution in [0.3, 0.4) is 0 Å². The summed E-state index contributed by atoms with van der Waals surface area (Å²) in [7, 11) is 0. The number of hydrogen-bond acceptors (Lipinski definition) is 5. The molecule has 0 saturated carbocycles. The van der Waals surface area contributed by atoms with Gasteiger partial charge in [0.15, 0.2) is 0 Å². The van der Waals surface area contributed by atoms with Gasteiger partial charge in [-0.05, 0) is 25.0 Å². The zero-order valence-electron chi connectivity index (χ0n) is 13.3. The Morgan fingerprint density at radius 1 is 1.39 bits per heavy atom. The van der Waals surface area contributed by atoms with Gasteiger partial charge in [0.05, 0.1) is 18.5 Å². The first-order chi connectivity index (χ1) is 11.1. The number of furan rings is 1. The summed E-state index contributed by atoms with van der Waals surface area (Å²) in [5, 5.41) is 10.4. The number of aromatic amines is 1. The monoisotopic (exact) mass is 319 g/mol. The van der Waals surface area contributed by atoms with Crippen molar-refractivity contribution in [3.8, 4) is 5.88 Å². The predicted octanol–water partition coefficient (Wildman–Crippen LogP) is 2.03. The highest BCUT2D eigenvalue weighted by Gasteiger charge is 2.18. The number of H-pyrrole nitrogens is 1. The van der Waals surface area contributed by atoms with Crippen molar-refractivity contribution in [3.05, 3.63) is 50.6 Å². The highest BCUT2D eigenvalue weighted by atomic mass is 16.3. The van der Waals surface area contributed by atoms with E-state index < -0.39 is 11.2 Å². The van der Waals surface area contributed by atoms with Gasteiger partial charge in [0, 0.05) is 6.54 Å². The molecule has 0 saturated heterocycles. The lowest BCUT2D eigenvalue weighted by atomic mass is 10.1. The predicted molar refractivity (Wildman–Crippen MR) is 87.1 cm³/mol. The summed E-state index contributed by atoms with van der Waals surface area (Å²) in [6.07, 6.45) is 3.59. The van der Waals surface area contributed by atoms with E-state index in [2.05, 4.69) is 9.98 Å². The maximum Gasteiger partial charge on any atom is 0.331 e. The summed E-state index contributed by atoms with van der Waals surface area (Å²) in [6.45, 7) is 4.43. The molecule has 7 nitrogen and oxygen atoms in total. The Labute approximate surface area is 133 Å². The number of nitrogens with zero attached hydrogens (tertiary/aromatic N) is 2. The van der Waals surface area contributed by atoms with Crippen LogP contribution in [0.1, 0.15) is 44.4 Å². The molecule has 0 bridgehead atoms. The SMILES string of the molecule is CCCCn1c(O)c(C(CC)=NCc2ccco2)c(=O)[nH]c1=O. The molecule has 2 rings (SSSR count). The quantitative estimate of drug-likeness (QED) is 0.762. The van der Waals surface area contributed by atoms with Gasteiger partial charge in [0.25, 0.3) is 5.56 Å². The zero-order valence-corrected chi connectivity index (χ0v) is 13.3. The van der Waals surface area contributed by atoms with Crippen LogP contribution in [0.2, 0.25) is 0 Å². The fourth-order valence-corrected chi connectivity index (χ4v) is 2.29. The number of nitrogens with one attached hydrogen (secondary N) is 1. The third-order valence-corrected chi connectivity index (χ3v) is 3.54. The van der Waals surface area contributed by atoms with Crippen LogP contribution in [0, 0.1) is 0 Å². The van der Waals surface area contributed by atoms with Crippen LogP contribution in [-0.4, -0.2) is 20.4 Å². The number of aromatic hydroxyl groups is 1. The molecule has 7 heteroatoms. The van der Waals surface area contributed by atoms with Crippen molar-refractivity contribution in [1.82, 2.24) is 9.55 Å². The molecule has 0 atom stereocenters. The van der Waals surface area contributed by atoms with E-state index in [9.17, 15) is 14.7 Å². The minimum atomic E-state index is -0.625. The van der Waals surface area contributed by atoms with Crippen molar-refractivity contribution in [1.29, 1.82) is 0 Å². The Morgan fingerprint density at radius 2 is 2.17 bits per heavy atom. The van der Waals surface area contributed by atoms with Gasteiger partial charge in [-0.25, -0.2) is 4.79 Å². The lowest BCUT2D eigenvalue weighted by Gasteiger charge is -2.11. The molecule has 0 aromatic carbocycles. The molecule has 2 heterocycles. The maximum atomic E-state index is 12.1. The maximum absolute atomic E-state index is 12.1. The normalized spacial score (nSPS) is 11.8. The number of aliphatic imine (C=N–C) groups is 1. The number of unbranched alkanes of at least 4 members (excludes halogenated alkanes) is 1. The molecule has 0 spiro atoms. The van der Waals surface area contributed by atoms with Gasteiger partial charge in [-0.3, -0.25) is 19.3 Å². The summed E-state index contributed by atoms with van der Waals surface area (Å²) in [4.78, 5) is 30.6. The first kappa shape index (κ1) is 16.8. The second kappa shape index (κ2) is 7.62. The third kappa shape index (κ3) is 3.80. The molecule has 0 radical (unpaired) electrons. The molecule has 2 aromatic heterocycles. The summed E-state index contributed by atoms with van der Waals surface area (Å²) < 4.78 is 6.39. The van der Waals surface area contributed by atoms with E-state index >= 15 is 0 Å². The minimum absolute atomic E-state index is 0.0507. The van der Waals surface area contributed by atoms with Gasteiger partial charge in [-0.1, -0.05) is 20.3 Å². The number of hydrogen-bond donors (Lipinski definition) is 2. The summed E-state index contributed by atoms with van der Waals surface area (Å²) in [5.41, 5.74) is -0.744. The molecule has 124 valence electrons. The highest BCUT2D eigenvalue weighted by Crippen LogP contribution is 2.15. The van der Waals surface area contributed by atoms with Crippen LogP contribution in [0.15, 0.2) is 37.4 Å². The fourth-order valence-electron chi connectivity index (χ4n) is 2.29. The van der Waals surface area contributed by atoms with E-state index in [1.165, 1.54) is 4.57 Å². The van der Waals surface area contributed by atoms with Gasteiger partial charge in [-0.2, -0.15) is 0 Å². The van der Waals surface area contributed by atoms with Crippen LogP contribution in [0.5, 0.6) is 5.88 Å². The molecule has 2 aromatic rings. The number of aromatic nitrogens is 2. The molecular formula is C16H21N3O4. The standard InChI is InChI=1S/C16H21N3O4/c1-3-5-8-19-15(21)13(14(20)18-16(19)22)12(4-2)17-10-11-7-6-9-23-11/h6-7,9,21H,3-5,8,10H2,1-2H3,(H,18,20,22). The van der Waals surface area contributed by atoms with Crippen LogP contribution < -0.4 is 11.2 Å². The van der Waals surface area contributed by atoms with Crippen molar-refractivity contribution in [2.45, 2.75) is 46.2 Å². The van der Waals surface area contributed by atoms with Crippen molar-refractivity contribution in [2.75, 3.05) is 0 Å². The van der Waals surface area contributed by atoms with Gasteiger partial charge < -0.3 is 9.52 Å². The van der Waals surface area contributed by atoms with Crippen LogP contribution in [0.4, 0.5) is 0 Å². The van der Waals surface area contributed by atoms with Gasteiger partial charge in [-0.15, -0.1) is 0 Å². The van der Waals surface area contributed by atoms with Gasteiger partial charge in [0.2, 0.25) is 5.88 Å². The first-order valence-corrected chi connectivity index (χ1v) is 7.70. The Hall–Kier alpha value is -2.57. The summed E-state index contributed by atoms with van der Waals surface area (Å²) in [5.74, 6) is 0.332. The average Bonchev–Trinajstić information content (AvgIpc) is 3.03. The second-order valence-corrected chi connectivity index (χ2v) is 5.16. The fraction of sp³-hybridized carbons (Fsp3) is 0.438. The van der Waals surface area contributed by atoms with E-state index in [4.69, 9.17) is 4.42 Å².